The van der Waals surface area contributed by atoms with Gasteiger partial charge >= 0.3 is 0 Å². The van der Waals surface area contributed by atoms with Crippen molar-refractivity contribution in [1.82, 2.24) is 9.78 Å². The van der Waals surface area contributed by atoms with Crippen molar-refractivity contribution in [2.24, 2.45) is 13.0 Å². The van der Waals surface area contributed by atoms with Gasteiger partial charge in [-0.15, -0.1) is 0 Å². The Morgan fingerprint density at radius 2 is 2.17 bits per heavy atom. The summed E-state index contributed by atoms with van der Waals surface area (Å²) in [5.74, 6) is 1.32. The van der Waals surface area contributed by atoms with Crippen molar-refractivity contribution in [3.05, 3.63) is 17.0 Å². The summed E-state index contributed by atoms with van der Waals surface area (Å²) in [5, 5.41) is 14.6. The molecule has 2 aliphatic rings. The predicted octanol–water partition coefficient (Wildman–Crippen LogP) is 2.56. The Labute approximate surface area is 109 Å². The molecule has 0 aliphatic heterocycles. The van der Waals surface area contributed by atoms with E-state index in [1.54, 1.807) is 0 Å². The zero-order valence-electron chi connectivity index (χ0n) is 11.5. The third-order valence-corrected chi connectivity index (χ3v) is 4.92. The van der Waals surface area contributed by atoms with Crippen LogP contribution in [0.4, 0.5) is 0 Å². The van der Waals surface area contributed by atoms with Crippen molar-refractivity contribution in [1.29, 1.82) is 0 Å². The average Bonchev–Trinajstić information content (AvgIpc) is 2.56. The van der Waals surface area contributed by atoms with Crippen LogP contribution in [0.25, 0.3) is 0 Å². The standard InChI is InChI=1S/C15H24N2O/c1-3-14-13-6-4-5-10-9-11(18)7-8-12(10)15(13)17(2)16-14/h10-12,18H,3-9H2,1-2H3. The molecule has 0 bridgehead atoms. The molecule has 1 fully saturated rings. The van der Waals surface area contributed by atoms with Gasteiger partial charge in [-0.3, -0.25) is 4.68 Å². The highest BCUT2D eigenvalue weighted by molar-refractivity contribution is 5.31. The van der Waals surface area contributed by atoms with E-state index in [4.69, 9.17) is 5.10 Å². The van der Waals surface area contributed by atoms with Crippen LogP contribution >= 0.6 is 0 Å². The zero-order valence-corrected chi connectivity index (χ0v) is 11.5. The van der Waals surface area contributed by atoms with Gasteiger partial charge in [-0.25, -0.2) is 0 Å². The summed E-state index contributed by atoms with van der Waals surface area (Å²) in [5.41, 5.74) is 4.32. The summed E-state index contributed by atoms with van der Waals surface area (Å²) in [6.45, 7) is 2.20. The van der Waals surface area contributed by atoms with E-state index in [1.165, 1.54) is 36.2 Å². The van der Waals surface area contributed by atoms with E-state index in [9.17, 15) is 5.11 Å². The number of hydrogen-bond donors (Lipinski definition) is 1. The SMILES string of the molecule is CCc1nn(C)c2c1CCCC1CC(O)CCC21. The molecule has 0 saturated heterocycles. The summed E-state index contributed by atoms with van der Waals surface area (Å²) < 4.78 is 2.13. The number of hydrogen-bond acceptors (Lipinski definition) is 2. The van der Waals surface area contributed by atoms with Gasteiger partial charge in [0.1, 0.15) is 0 Å². The summed E-state index contributed by atoms with van der Waals surface area (Å²) in [6, 6.07) is 0. The third-order valence-electron chi connectivity index (χ3n) is 4.92. The van der Waals surface area contributed by atoms with Gasteiger partial charge in [0, 0.05) is 18.7 Å². The average molecular weight is 248 g/mol. The van der Waals surface area contributed by atoms with Crippen LogP contribution in [0.5, 0.6) is 0 Å². The topological polar surface area (TPSA) is 38.0 Å². The van der Waals surface area contributed by atoms with Gasteiger partial charge in [-0.1, -0.05) is 6.92 Å². The second-order valence-electron chi connectivity index (χ2n) is 6.01. The second-order valence-corrected chi connectivity index (χ2v) is 6.01. The van der Waals surface area contributed by atoms with E-state index in [0.29, 0.717) is 11.8 Å². The van der Waals surface area contributed by atoms with Gasteiger partial charge in [-0.05, 0) is 56.4 Å². The Balaban J connectivity index is 2.01. The molecule has 1 aromatic heterocycles. The maximum atomic E-state index is 9.89. The minimum absolute atomic E-state index is 0.0633. The van der Waals surface area contributed by atoms with Crippen molar-refractivity contribution in [3.8, 4) is 0 Å². The molecule has 3 unspecified atom stereocenters. The monoisotopic (exact) mass is 248 g/mol. The van der Waals surface area contributed by atoms with Gasteiger partial charge in [0.05, 0.1) is 11.8 Å². The molecule has 100 valence electrons. The van der Waals surface area contributed by atoms with Crippen LogP contribution in [-0.4, -0.2) is 21.0 Å². The Kier molecular flexibility index (Phi) is 3.18. The fraction of sp³-hybridized carbons (Fsp3) is 0.800. The Bertz CT molecular complexity index is 438. The fourth-order valence-electron chi connectivity index (χ4n) is 4.12. The first-order valence-corrected chi connectivity index (χ1v) is 7.43. The number of nitrogens with zero attached hydrogens (tertiary/aromatic N) is 2. The quantitative estimate of drug-likeness (QED) is 0.829. The molecule has 0 aromatic carbocycles. The maximum Gasteiger partial charge on any atom is 0.0656 e. The summed E-state index contributed by atoms with van der Waals surface area (Å²) in [4.78, 5) is 0. The smallest absolute Gasteiger partial charge is 0.0656 e. The number of aliphatic hydroxyl groups is 1. The van der Waals surface area contributed by atoms with Crippen LogP contribution in [0.3, 0.4) is 0 Å². The highest BCUT2D eigenvalue weighted by atomic mass is 16.3. The van der Waals surface area contributed by atoms with Gasteiger partial charge < -0.3 is 5.11 Å². The van der Waals surface area contributed by atoms with Crippen LogP contribution in [0.2, 0.25) is 0 Å². The molecule has 1 aromatic rings. The van der Waals surface area contributed by atoms with E-state index >= 15 is 0 Å². The Hall–Kier alpha value is -0.830. The van der Waals surface area contributed by atoms with Gasteiger partial charge in [-0.2, -0.15) is 5.10 Å². The number of fused-ring (bicyclic) bond motifs is 3. The molecule has 0 radical (unpaired) electrons. The molecule has 0 amide bonds. The molecule has 18 heavy (non-hydrogen) atoms. The van der Waals surface area contributed by atoms with E-state index in [-0.39, 0.29) is 6.10 Å². The summed E-state index contributed by atoms with van der Waals surface area (Å²) in [7, 11) is 2.10. The number of rotatable bonds is 1. The van der Waals surface area contributed by atoms with E-state index < -0.39 is 0 Å². The first-order chi connectivity index (χ1) is 8.70. The molecule has 3 atom stereocenters. The Morgan fingerprint density at radius 1 is 1.33 bits per heavy atom. The van der Waals surface area contributed by atoms with Crippen molar-refractivity contribution in [2.45, 2.75) is 63.9 Å². The van der Waals surface area contributed by atoms with Crippen molar-refractivity contribution >= 4 is 0 Å². The number of aryl methyl sites for hydroxylation is 2. The highest BCUT2D eigenvalue weighted by Gasteiger charge is 2.36. The molecular weight excluding hydrogens is 224 g/mol. The normalized spacial score (nSPS) is 31.6. The molecular formula is C15H24N2O. The lowest BCUT2D eigenvalue weighted by molar-refractivity contribution is 0.0850. The summed E-state index contributed by atoms with van der Waals surface area (Å²) >= 11 is 0. The van der Waals surface area contributed by atoms with Crippen LogP contribution in [-0.2, 0) is 19.9 Å². The predicted molar refractivity (Wildman–Crippen MR) is 71.6 cm³/mol. The van der Waals surface area contributed by atoms with Gasteiger partial charge in [0.2, 0.25) is 0 Å². The second kappa shape index (κ2) is 4.69. The van der Waals surface area contributed by atoms with Crippen LogP contribution < -0.4 is 0 Å². The van der Waals surface area contributed by atoms with Crippen LogP contribution in [0.15, 0.2) is 0 Å². The van der Waals surface area contributed by atoms with Gasteiger partial charge in [0.25, 0.3) is 0 Å². The molecule has 1 saturated carbocycles. The molecule has 0 spiro atoms. The maximum absolute atomic E-state index is 9.89. The molecule has 3 heteroatoms. The first-order valence-electron chi connectivity index (χ1n) is 7.43. The largest absolute Gasteiger partial charge is 0.393 e. The zero-order chi connectivity index (χ0) is 12.7. The minimum atomic E-state index is -0.0633. The minimum Gasteiger partial charge on any atom is -0.393 e. The van der Waals surface area contributed by atoms with Crippen LogP contribution in [0, 0.1) is 5.92 Å². The first kappa shape index (κ1) is 12.2. The number of aliphatic hydroxyl groups excluding tert-OH is 1. The molecule has 3 nitrogen and oxygen atoms in total. The third kappa shape index (κ3) is 1.89. The fourth-order valence-corrected chi connectivity index (χ4v) is 4.12. The lowest BCUT2D eigenvalue weighted by Gasteiger charge is -2.33. The molecule has 3 rings (SSSR count). The van der Waals surface area contributed by atoms with E-state index in [1.807, 2.05) is 0 Å². The molecule has 2 aliphatic carbocycles. The van der Waals surface area contributed by atoms with Crippen molar-refractivity contribution in [2.75, 3.05) is 0 Å². The van der Waals surface area contributed by atoms with Crippen molar-refractivity contribution in [3.63, 3.8) is 0 Å². The van der Waals surface area contributed by atoms with Gasteiger partial charge in [0.15, 0.2) is 0 Å². The lowest BCUT2D eigenvalue weighted by Crippen LogP contribution is -2.27. The van der Waals surface area contributed by atoms with E-state index in [0.717, 1.165) is 25.7 Å². The Morgan fingerprint density at radius 3 is 2.94 bits per heavy atom. The van der Waals surface area contributed by atoms with Crippen LogP contribution in [0.1, 0.15) is 61.9 Å². The number of aromatic nitrogens is 2. The summed E-state index contributed by atoms with van der Waals surface area (Å²) in [6.07, 6.45) is 7.81. The highest BCUT2D eigenvalue weighted by Crippen LogP contribution is 2.44. The molecule has 1 N–H and O–H groups in total. The van der Waals surface area contributed by atoms with Crippen molar-refractivity contribution < 1.29 is 5.11 Å². The lowest BCUT2D eigenvalue weighted by atomic mass is 9.75. The molecule has 1 heterocycles. The van der Waals surface area contributed by atoms with E-state index in [2.05, 4.69) is 18.7 Å².